The maximum Gasteiger partial charge on any atom is 0.419 e. The molecule has 0 atom stereocenters. The maximum atomic E-state index is 13.9. The summed E-state index contributed by atoms with van der Waals surface area (Å²) in [6, 6.07) is 9.53. The summed E-state index contributed by atoms with van der Waals surface area (Å²) in [5, 5.41) is 0. The van der Waals surface area contributed by atoms with Crippen LogP contribution in [0.2, 0.25) is 0 Å². The first-order valence-electron chi connectivity index (χ1n) is 9.12. The van der Waals surface area contributed by atoms with Crippen molar-refractivity contribution < 1.29 is 21.6 Å². The highest BCUT2D eigenvalue weighted by Gasteiger charge is 2.31. The Morgan fingerprint density at radius 1 is 0.966 bits per heavy atom. The third-order valence-corrected chi connectivity index (χ3v) is 6.97. The molecule has 0 spiro atoms. The predicted octanol–water partition coefficient (Wildman–Crippen LogP) is 1.88. The second-order valence-electron chi connectivity index (χ2n) is 6.81. The molecule has 0 amide bonds. The highest BCUT2D eigenvalue weighted by Crippen LogP contribution is 2.22. The van der Waals surface area contributed by atoms with Crippen LogP contribution in [0.3, 0.4) is 0 Å². The molecule has 0 N–H and O–H groups in total. The van der Waals surface area contributed by atoms with Crippen LogP contribution in [0.25, 0.3) is 11.1 Å². The van der Waals surface area contributed by atoms with Crippen LogP contribution in [0.4, 0.5) is 8.78 Å². The number of rotatable bonds is 5. The molecule has 1 aliphatic heterocycles. The number of hydrogen-bond donors (Lipinski definition) is 0. The van der Waals surface area contributed by atoms with Gasteiger partial charge in [-0.25, -0.2) is 22.0 Å². The van der Waals surface area contributed by atoms with E-state index in [1.54, 1.807) is 22.8 Å². The van der Waals surface area contributed by atoms with Crippen molar-refractivity contribution in [1.82, 2.24) is 13.8 Å². The maximum absolute atomic E-state index is 13.9. The number of fused-ring (bicyclic) bond motifs is 1. The van der Waals surface area contributed by atoms with E-state index in [0.29, 0.717) is 43.3 Å². The Morgan fingerprint density at radius 3 is 2.45 bits per heavy atom. The summed E-state index contributed by atoms with van der Waals surface area (Å²) < 4.78 is 60.5. The number of aromatic nitrogens is 1. The number of halogens is 2. The van der Waals surface area contributed by atoms with Gasteiger partial charge in [-0.1, -0.05) is 12.1 Å². The molecule has 3 aromatic rings. The highest BCUT2D eigenvalue weighted by atomic mass is 32.2. The van der Waals surface area contributed by atoms with Crippen LogP contribution in [-0.2, 0) is 16.6 Å². The molecule has 1 aromatic heterocycles. The molecule has 0 radical (unpaired) electrons. The summed E-state index contributed by atoms with van der Waals surface area (Å²) in [5.74, 6) is -2.21. The first-order chi connectivity index (χ1) is 13.9. The molecule has 1 aliphatic rings. The van der Waals surface area contributed by atoms with E-state index in [-0.39, 0.29) is 13.1 Å². The summed E-state index contributed by atoms with van der Waals surface area (Å²) in [7, 11) is -4.11. The van der Waals surface area contributed by atoms with Crippen LogP contribution in [-0.4, -0.2) is 54.9 Å². The average Bonchev–Trinajstić information content (AvgIpc) is 3.03. The quantitative estimate of drug-likeness (QED) is 0.627. The van der Waals surface area contributed by atoms with Crippen molar-refractivity contribution in [3.63, 3.8) is 0 Å². The van der Waals surface area contributed by atoms with Gasteiger partial charge in [-0.15, -0.1) is 0 Å². The second kappa shape index (κ2) is 7.69. The first-order valence-corrected chi connectivity index (χ1v) is 10.6. The van der Waals surface area contributed by atoms with E-state index in [9.17, 15) is 22.0 Å². The minimum absolute atomic E-state index is 0.152. The fraction of sp³-hybridized carbons (Fsp3) is 0.316. The van der Waals surface area contributed by atoms with Gasteiger partial charge in [0.15, 0.2) is 5.58 Å². The van der Waals surface area contributed by atoms with Gasteiger partial charge in [0.05, 0.1) is 5.52 Å². The summed E-state index contributed by atoms with van der Waals surface area (Å²) in [5.41, 5.74) is 1.23. The van der Waals surface area contributed by atoms with Crippen LogP contribution >= 0.6 is 0 Å². The fourth-order valence-corrected chi connectivity index (χ4v) is 4.97. The van der Waals surface area contributed by atoms with Gasteiger partial charge in [0.25, 0.3) is 0 Å². The summed E-state index contributed by atoms with van der Waals surface area (Å²) in [6.45, 7) is 2.08. The van der Waals surface area contributed by atoms with Crippen LogP contribution in [0.5, 0.6) is 0 Å². The van der Waals surface area contributed by atoms with Crippen LogP contribution in [0.15, 0.2) is 56.6 Å². The molecular weight excluding hydrogens is 404 g/mol. The molecular formula is C19H19F2N3O4S. The smallest absolute Gasteiger partial charge is 0.408 e. The summed E-state index contributed by atoms with van der Waals surface area (Å²) in [6.07, 6.45) is 0. The SMILES string of the molecule is O=c1oc2ccccc2n1CCN1CCN(S(=O)(=O)c2cc(F)ccc2F)CC1. The zero-order valence-corrected chi connectivity index (χ0v) is 16.2. The Hall–Kier alpha value is -2.56. The topological polar surface area (TPSA) is 75.8 Å². The molecule has 29 heavy (non-hydrogen) atoms. The van der Waals surface area contributed by atoms with Gasteiger partial charge in [-0.3, -0.25) is 9.47 Å². The molecule has 10 heteroatoms. The molecule has 154 valence electrons. The van der Waals surface area contributed by atoms with Crippen molar-refractivity contribution in [2.75, 3.05) is 32.7 Å². The van der Waals surface area contributed by atoms with E-state index in [2.05, 4.69) is 0 Å². The minimum Gasteiger partial charge on any atom is -0.408 e. The Bertz CT molecular complexity index is 1200. The number of oxazole rings is 1. The predicted molar refractivity (Wildman–Crippen MR) is 102 cm³/mol. The van der Waals surface area contributed by atoms with E-state index >= 15 is 0 Å². The van der Waals surface area contributed by atoms with E-state index in [1.165, 1.54) is 0 Å². The molecule has 0 aliphatic carbocycles. The molecule has 1 fully saturated rings. The van der Waals surface area contributed by atoms with E-state index in [0.717, 1.165) is 16.4 Å². The molecule has 7 nitrogen and oxygen atoms in total. The van der Waals surface area contributed by atoms with Crippen molar-refractivity contribution in [1.29, 1.82) is 0 Å². The molecule has 0 saturated carbocycles. The number of hydrogen-bond acceptors (Lipinski definition) is 5. The van der Waals surface area contributed by atoms with Crippen LogP contribution in [0.1, 0.15) is 0 Å². The summed E-state index contributed by atoms with van der Waals surface area (Å²) in [4.78, 5) is 13.4. The standard InChI is InChI=1S/C19H19F2N3O4S/c20-14-5-6-15(21)18(13-14)29(26,27)23-10-7-22(8-11-23)9-12-24-16-3-1-2-4-17(16)28-19(24)25/h1-6,13H,7-12H2. The Balaban J connectivity index is 1.41. The Kier molecular flexibility index (Phi) is 5.24. The van der Waals surface area contributed by atoms with Gasteiger partial charge in [-0.2, -0.15) is 4.31 Å². The number of nitrogens with zero attached hydrogens (tertiary/aromatic N) is 3. The Morgan fingerprint density at radius 2 is 1.69 bits per heavy atom. The Labute approximate surface area is 165 Å². The van der Waals surface area contributed by atoms with E-state index < -0.39 is 32.3 Å². The average molecular weight is 423 g/mol. The fourth-order valence-electron chi connectivity index (χ4n) is 3.47. The molecule has 2 heterocycles. The van der Waals surface area contributed by atoms with Gasteiger partial charge in [0, 0.05) is 39.3 Å². The lowest BCUT2D eigenvalue weighted by Crippen LogP contribution is -2.49. The van der Waals surface area contributed by atoms with Crippen molar-refractivity contribution in [2.24, 2.45) is 0 Å². The van der Waals surface area contributed by atoms with E-state index in [4.69, 9.17) is 4.42 Å². The van der Waals surface area contributed by atoms with Gasteiger partial charge in [-0.05, 0) is 30.3 Å². The number of para-hydroxylation sites is 2. The third-order valence-electron chi connectivity index (χ3n) is 5.06. The van der Waals surface area contributed by atoms with Crippen molar-refractivity contribution in [2.45, 2.75) is 11.4 Å². The zero-order valence-electron chi connectivity index (χ0n) is 15.4. The number of piperazine rings is 1. The molecule has 2 aromatic carbocycles. The number of benzene rings is 2. The normalized spacial score (nSPS) is 16.5. The molecule has 0 bridgehead atoms. The highest BCUT2D eigenvalue weighted by molar-refractivity contribution is 7.89. The lowest BCUT2D eigenvalue weighted by Gasteiger charge is -2.34. The van der Waals surface area contributed by atoms with Crippen molar-refractivity contribution in [3.8, 4) is 0 Å². The van der Waals surface area contributed by atoms with Crippen LogP contribution in [0, 0.1) is 11.6 Å². The van der Waals surface area contributed by atoms with Crippen molar-refractivity contribution in [3.05, 3.63) is 64.6 Å². The minimum atomic E-state index is -4.11. The first kappa shape index (κ1) is 19.7. The summed E-state index contributed by atoms with van der Waals surface area (Å²) >= 11 is 0. The van der Waals surface area contributed by atoms with Gasteiger partial charge in [0.2, 0.25) is 10.0 Å². The lowest BCUT2D eigenvalue weighted by atomic mass is 10.3. The molecule has 1 saturated heterocycles. The van der Waals surface area contributed by atoms with Gasteiger partial charge < -0.3 is 4.42 Å². The molecule has 0 unspecified atom stereocenters. The molecule has 4 rings (SSSR count). The monoisotopic (exact) mass is 423 g/mol. The lowest BCUT2D eigenvalue weighted by molar-refractivity contribution is 0.182. The van der Waals surface area contributed by atoms with E-state index in [1.807, 2.05) is 11.0 Å². The number of sulfonamides is 1. The van der Waals surface area contributed by atoms with Gasteiger partial charge >= 0.3 is 5.76 Å². The zero-order chi connectivity index (χ0) is 20.6. The third kappa shape index (κ3) is 3.83. The van der Waals surface area contributed by atoms with Gasteiger partial charge in [0.1, 0.15) is 16.5 Å². The largest absolute Gasteiger partial charge is 0.419 e. The second-order valence-corrected chi connectivity index (χ2v) is 8.71. The van der Waals surface area contributed by atoms with Crippen molar-refractivity contribution >= 4 is 21.1 Å². The van der Waals surface area contributed by atoms with Crippen LogP contribution < -0.4 is 5.76 Å².